The van der Waals surface area contributed by atoms with Gasteiger partial charge in [0.2, 0.25) is 0 Å². The van der Waals surface area contributed by atoms with E-state index < -0.39 is 13.1 Å². The molecule has 0 amide bonds. The third-order valence-electron chi connectivity index (χ3n) is 4.09. The lowest BCUT2D eigenvalue weighted by Gasteiger charge is -2.00. The van der Waals surface area contributed by atoms with Crippen molar-refractivity contribution in [3.8, 4) is 0 Å². The lowest BCUT2D eigenvalue weighted by molar-refractivity contribution is 0.0695. The van der Waals surface area contributed by atoms with E-state index in [2.05, 4.69) is 15.9 Å². The van der Waals surface area contributed by atoms with Gasteiger partial charge in [-0.05, 0) is 42.3 Å². The summed E-state index contributed by atoms with van der Waals surface area (Å²) >= 11 is 2.94. The number of alkyl halides is 1. The molecule has 0 aromatic heterocycles. The molecule has 0 bridgehead atoms. The Kier molecular flexibility index (Phi) is 52.1. The van der Waals surface area contributed by atoms with Crippen LogP contribution in [0.2, 0.25) is 0 Å². The van der Waals surface area contributed by atoms with Gasteiger partial charge in [-0.1, -0.05) is 152 Å². The number of aromatic carboxylic acids is 1. The molecule has 3 aromatic rings. The van der Waals surface area contributed by atoms with Gasteiger partial charge in [0.15, 0.2) is 0 Å². The van der Waals surface area contributed by atoms with Gasteiger partial charge in [-0.2, -0.15) is 0 Å². The van der Waals surface area contributed by atoms with E-state index >= 15 is 0 Å². The van der Waals surface area contributed by atoms with E-state index in [1.807, 2.05) is 112 Å². The van der Waals surface area contributed by atoms with E-state index in [1.165, 1.54) is 12.1 Å². The van der Waals surface area contributed by atoms with Crippen LogP contribution in [0, 0.1) is 13.8 Å². The van der Waals surface area contributed by atoms with E-state index in [4.69, 9.17) is 15.2 Å². The molecule has 3 rings (SSSR count). The zero-order valence-electron chi connectivity index (χ0n) is 28.1. The van der Waals surface area contributed by atoms with Crippen molar-refractivity contribution >= 4 is 47.1 Å². The molecule has 6 nitrogen and oxygen atoms in total. The van der Waals surface area contributed by atoms with Gasteiger partial charge in [0.1, 0.15) is 12.6 Å². The van der Waals surface area contributed by atoms with Crippen molar-refractivity contribution in [2.75, 3.05) is 5.83 Å². The Balaban J connectivity index is -0.0000000514. The molecule has 0 radical (unpaired) electrons. The average molecular weight is 664 g/mol. The minimum atomic E-state index is -1.57. The Morgan fingerprint density at radius 2 is 0.952 bits per heavy atom. The lowest BCUT2D eigenvalue weighted by Crippen LogP contribution is -2.32. The minimum absolute atomic E-state index is 0. The molecule has 42 heavy (non-hydrogen) atoms. The van der Waals surface area contributed by atoms with E-state index in [1.54, 1.807) is 37.3 Å². The van der Waals surface area contributed by atoms with Crippen molar-refractivity contribution in [3.63, 3.8) is 0 Å². The van der Waals surface area contributed by atoms with Crippen molar-refractivity contribution in [2.24, 2.45) is 0 Å². The van der Waals surface area contributed by atoms with Gasteiger partial charge in [-0.3, -0.25) is 9.59 Å². The molecule has 244 valence electrons. The summed E-state index contributed by atoms with van der Waals surface area (Å²) < 4.78 is 0. The van der Waals surface area contributed by atoms with Crippen LogP contribution in [0.1, 0.15) is 116 Å². The fraction of sp³-hybridized carbons (Fsp3) is 0.382. The molecule has 3 N–H and O–H groups in total. The van der Waals surface area contributed by atoms with Crippen molar-refractivity contribution in [2.45, 2.75) is 83.1 Å². The normalized spacial score (nSPS) is 7.43. The number of aryl methyl sites for hydroxylation is 2. The van der Waals surface area contributed by atoms with E-state index in [9.17, 15) is 14.4 Å². The predicted molar refractivity (Wildman–Crippen MR) is 194 cm³/mol. The van der Waals surface area contributed by atoms with Crippen LogP contribution in [0.4, 0.5) is 0 Å². The second kappa shape index (κ2) is 42.4. The van der Waals surface area contributed by atoms with Crippen LogP contribution in [0.5, 0.6) is 0 Å². The zero-order chi connectivity index (χ0) is 34.5. The first-order chi connectivity index (χ1) is 20.3. The highest BCUT2D eigenvalue weighted by Crippen LogP contribution is 2.05. The molecule has 0 saturated carbocycles. The van der Waals surface area contributed by atoms with Gasteiger partial charge in [0.25, 0.3) is 0 Å². The molecule has 0 fully saturated rings. The third-order valence-corrected chi connectivity index (χ3v) is 4.09. The Labute approximate surface area is 270 Å². The van der Waals surface area contributed by atoms with Crippen LogP contribution in [0.3, 0.4) is 0 Å². The maximum absolute atomic E-state index is 10.4. The number of halogens is 1. The number of carboxylic acid groups (broad SMARTS) is 1. The summed E-state index contributed by atoms with van der Waals surface area (Å²) in [5.74, 6) is 0.950. The number of carboxylic acids is 1. The van der Waals surface area contributed by atoms with Gasteiger partial charge < -0.3 is 15.2 Å². The number of rotatable bonds is 4. The quantitative estimate of drug-likeness (QED) is 0.146. The number of aldehydes is 2. The van der Waals surface area contributed by atoms with Crippen LogP contribution in [-0.2, 0) is 0 Å². The largest absolute Gasteiger partial charge is 0.489 e. The summed E-state index contributed by atoms with van der Waals surface area (Å²) in [7, 11) is -1.57. The number of benzene rings is 3. The maximum Gasteiger partial charge on any atom is 0.489 e. The highest BCUT2D eigenvalue weighted by Gasteiger charge is 2.13. The molecule has 0 aliphatic heterocycles. The van der Waals surface area contributed by atoms with Gasteiger partial charge in [0.05, 0.1) is 5.56 Å². The van der Waals surface area contributed by atoms with Crippen LogP contribution >= 0.6 is 15.9 Å². The van der Waals surface area contributed by atoms with Crippen molar-refractivity contribution in [3.05, 3.63) is 101 Å². The topological polar surface area (TPSA) is 112 Å². The third kappa shape index (κ3) is 27.1. The fourth-order valence-electron chi connectivity index (χ4n) is 2.39. The van der Waals surface area contributed by atoms with E-state index in [0.29, 0.717) is 17.4 Å². The van der Waals surface area contributed by atoms with Crippen molar-refractivity contribution in [1.29, 1.82) is 0 Å². The summed E-state index contributed by atoms with van der Waals surface area (Å²) in [5, 5.41) is 26.0. The Morgan fingerprint density at radius 3 is 1.21 bits per heavy atom. The molecule has 8 heteroatoms. The second-order valence-corrected chi connectivity index (χ2v) is 6.21. The fourth-order valence-corrected chi connectivity index (χ4v) is 2.39. The molecule has 0 heterocycles. The van der Waals surface area contributed by atoms with Gasteiger partial charge in [-0.25, -0.2) is 4.79 Å². The van der Waals surface area contributed by atoms with Crippen LogP contribution in [0.25, 0.3) is 0 Å². The lowest BCUT2D eigenvalue weighted by atomic mass is 9.77. The van der Waals surface area contributed by atoms with E-state index in [-0.39, 0.29) is 9.74 Å². The summed E-state index contributed by atoms with van der Waals surface area (Å²) in [6.07, 6.45) is 1.46. The predicted octanol–water partition coefficient (Wildman–Crippen LogP) is 9.56. The first kappa shape index (κ1) is 51.7. The monoisotopic (exact) mass is 662 g/mol. The molecule has 0 atom stereocenters. The molecule has 0 aliphatic rings. The summed E-state index contributed by atoms with van der Waals surface area (Å²) in [5.41, 5.74) is 3.53. The number of carbonyl (C=O) groups is 3. The van der Waals surface area contributed by atoms with Crippen LogP contribution in [-0.4, -0.2) is 46.6 Å². The zero-order valence-corrected chi connectivity index (χ0v) is 29.7. The van der Waals surface area contributed by atoms with Gasteiger partial charge >= 0.3 is 13.1 Å². The van der Waals surface area contributed by atoms with Gasteiger partial charge in [-0.15, -0.1) is 0 Å². The highest BCUT2D eigenvalue weighted by atomic mass is 79.9. The molecule has 0 aliphatic carbocycles. The number of carbonyl (C=O) groups excluding carboxylic acids is 2. The van der Waals surface area contributed by atoms with Gasteiger partial charge in [0, 0.05) is 15.4 Å². The molecule has 0 unspecified atom stereocenters. The summed E-state index contributed by atoms with van der Waals surface area (Å²) in [6, 6.07) is 20.7. The first-order valence-electron chi connectivity index (χ1n) is 14.4. The molecular weight excluding hydrogens is 595 g/mol. The Hall–Kier alpha value is -3.07. The molecule has 3 aromatic carbocycles. The maximum atomic E-state index is 10.4. The number of hydrogen-bond acceptors (Lipinski definition) is 5. The first-order valence-corrected chi connectivity index (χ1v) is 16.0. The molecular formula is C34H62BBrO6. The van der Waals surface area contributed by atoms with E-state index in [0.717, 1.165) is 23.0 Å². The van der Waals surface area contributed by atoms with Crippen molar-refractivity contribution < 1.29 is 33.8 Å². The van der Waals surface area contributed by atoms with Crippen LogP contribution in [0.15, 0.2) is 72.8 Å². The summed E-state index contributed by atoms with van der Waals surface area (Å²) in [6.45, 7) is 23.7. The minimum Gasteiger partial charge on any atom is -0.478 e. The second-order valence-electron chi connectivity index (χ2n) is 6.21. The molecule has 0 saturated heterocycles. The van der Waals surface area contributed by atoms with Crippen LogP contribution < -0.4 is 5.46 Å². The molecule has 0 spiro atoms. The summed E-state index contributed by atoms with van der Waals surface area (Å²) in [4.78, 5) is 31.0. The standard InChI is InChI=1S/C8H8O2.C8H8O.C7H7BO3.5C2H6.CH3Br.3H2/c1-6-4-2-3-5-7(6)8(9)10;1-7-4-2-3-5-8(7)6-9;9-5-6-3-1-2-4-7(6)8(10)11;6*1-2;;;/h2-5H,1H3,(H,9,10);2-6H,1H3;1-5,10-11H;5*1-2H3;1H3;3*1H/i;;;;;;;;;3*1+2. The SMILES string of the molecule is CBr.CC.CC.CC.CC.CC.Cc1ccccc1C(=O)O.Cc1ccccc1C=O.O=Cc1ccccc1B(O)O.[3HH].[3HH].[3HH]. The smallest absolute Gasteiger partial charge is 0.478 e. The number of hydrogen-bond donors (Lipinski definition) is 3. The van der Waals surface area contributed by atoms with Crippen molar-refractivity contribution in [1.82, 2.24) is 0 Å². The Morgan fingerprint density at radius 1 is 0.619 bits per heavy atom. The average Bonchev–Trinajstić information content (AvgIpc) is 3.07. The Bertz CT molecular complexity index is 1010. The highest BCUT2D eigenvalue weighted by molar-refractivity contribution is 9.08.